The van der Waals surface area contributed by atoms with Crippen molar-refractivity contribution in [3.05, 3.63) is 63.7 Å². The first-order chi connectivity index (χ1) is 18.1. The SMILES string of the molecule is Cc1ccc(N2CCN(CCCC(=O)N3CCC(Nc4ccc([N+](=O)[O-])c(C(F)(F)F)c4)CC3)CC2)cc1. The van der Waals surface area contributed by atoms with E-state index < -0.39 is 22.4 Å². The Balaban J connectivity index is 1.17. The fourth-order valence-corrected chi connectivity index (χ4v) is 5.12. The molecular weight excluding hydrogens is 499 g/mol. The normalized spacial score (nSPS) is 17.5. The minimum Gasteiger partial charge on any atom is -0.382 e. The number of piperidine rings is 1. The van der Waals surface area contributed by atoms with Crippen molar-refractivity contribution >= 4 is 23.0 Å². The molecule has 2 fully saturated rings. The number of halogens is 3. The number of alkyl halides is 3. The van der Waals surface area contributed by atoms with E-state index in [-0.39, 0.29) is 17.6 Å². The van der Waals surface area contributed by atoms with E-state index in [0.29, 0.717) is 32.4 Å². The van der Waals surface area contributed by atoms with Gasteiger partial charge < -0.3 is 15.1 Å². The predicted molar refractivity (Wildman–Crippen MR) is 140 cm³/mol. The topological polar surface area (TPSA) is 82.0 Å². The highest BCUT2D eigenvalue weighted by molar-refractivity contribution is 5.76. The number of likely N-dealkylation sites (tertiary alicyclic amines) is 1. The highest BCUT2D eigenvalue weighted by atomic mass is 19.4. The van der Waals surface area contributed by atoms with Gasteiger partial charge in [0.2, 0.25) is 5.91 Å². The van der Waals surface area contributed by atoms with E-state index in [1.807, 2.05) is 4.90 Å². The zero-order valence-corrected chi connectivity index (χ0v) is 21.5. The van der Waals surface area contributed by atoms with Crippen molar-refractivity contribution in [2.75, 3.05) is 56.0 Å². The molecule has 8 nitrogen and oxygen atoms in total. The van der Waals surface area contributed by atoms with Crippen LogP contribution in [0.25, 0.3) is 0 Å². The second kappa shape index (κ2) is 12.0. The molecule has 0 radical (unpaired) electrons. The van der Waals surface area contributed by atoms with Crippen molar-refractivity contribution < 1.29 is 22.9 Å². The zero-order valence-electron chi connectivity index (χ0n) is 21.5. The zero-order chi connectivity index (χ0) is 27.3. The maximum absolute atomic E-state index is 13.2. The van der Waals surface area contributed by atoms with Gasteiger partial charge in [-0.2, -0.15) is 13.2 Å². The summed E-state index contributed by atoms with van der Waals surface area (Å²) in [5, 5.41) is 14.0. The molecule has 2 aliphatic rings. The number of nitro benzene ring substituents is 1. The number of carbonyl (C=O) groups excluding carboxylic acids is 1. The largest absolute Gasteiger partial charge is 0.423 e. The first-order valence-corrected chi connectivity index (χ1v) is 13.0. The molecule has 2 saturated heterocycles. The number of nitrogens with one attached hydrogen (secondary N) is 1. The van der Waals surface area contributed by atoms with Crippen LogP contribution in [-0.4, -0.2) is 72.5 Å². The van der Waals surface area contributed by atoms with Gasteiger partial charge >= 0.3 is 6.18 Å². The Bertz CT molecular complexity index is 1110. The predicted octanol–water partition coefficient (Wildman–Crippen LogP) is 4.93. The third-order valence-corrected chi connectivity index (χ3v) is 7.35. The number of rotatable bonds is 8. The molecule has 0 atom stereocenters. The Hall–Kier alpha value is -3.34. The average Bonchev–Trinajstić information content (AvgIpc) is 2.89. The summed E-state index contributed by atoms with van der Waals surface area (Å²) in [4.78, 5) is 29.3. The highest BCUT2D eigenvalue weighted by Crippen LogP contribution is 2.38. The van der Waals surface area contributed by atoms with Crippen molar-refractivity contribution in [1.82, 2.24) is 9.80 Å². The van der Waals surface area contributed by atoms with Gasteiger partial charge in [-0.1, -0.05) is 17.7 Å². The molecule has 38 heavy (non-hydrogen) atoms. The molecule has 2 heterocycles. The van der Waals surface area contributed by atoms with E-state index in [1.165, 1.54) is 17.3 Å². The van der Waals surface area contributed by atoms with Crippen molar-refractivity contribution in [3.63, 3.8) is 0 Å². The molecule has 0 saturated carbocycles. The van der Waals surface area contributed by atoms with Crippen LogP contribution >= 0.6 is 0 Å². The molecule has 0 spiro atoms. The molecule has 0 aliphatic carbocycles. The van der Waals surface area contributed by atoms with E-state index >= 15 is 0 Å². The summed E-state index contributed by atoms with van der Waals surface area (Å²) in [5.41, 5.74) is 0.461. The van der Waals surface area contributed by atoms with Crippen LogP contribution in [0.5, 0.6) is 0 Å². The van der Waals surface area contributed by atoms with Gasteiger partial charge in [-0.15, -0.1) is 0 Å². The number of amides is 1. The van der Waals surface area contributed by atoms with E-state index in [4.69, 9.17) is 0 Å². The van der Waals surface area contributed by atoms with Gasteiger partial charge in [0.1, 0.15) is 5.56 Å². The lowest BCUT2D eigenvalue weighted by Gasteiger charge is -2.36. The summed E-state index contributed by atoms with van der Waals surface area (Å²) >= 11 is 0. The number of anilines is 2. The Labute approximate surface area is 220 Å². The van der Waals surface area contributed by atoms with Gasteiger partial charge in [0.15, 0.2) is 0 Å². The van der Waals surface area contributed by atoms with Gasteiger partial charge in [-0.05, 0) is 57.0 Å². The van der Waals surface area contributed by atoms with Crippen molar-refractivity contribution in [2.24, 2.45) is 0 Å². The fraction of sp³-hybridized carbons (Fsp3) is 0.519. The van der Waals surface area contributed by atoms with Crippen LogP contribution in [0.4, 0.5) is 30.2 Å². The standard InChI is InChI=1S/C27H34F3N5O3/c1-20-4-7-23(8-5-20)33-17-15-32(16-18-33)12-2-3-26(36)34-13-10-21(11-14-34)31-22-6-9-25(35(37)38)24(19-22)27(28,29)30/h4-9,19,21,31H,2-3,10-18H2,1H3. The lowest BCUT2D eigenvalue weighted by atomic mass is 10.0. The summed E-state index contributed by atoms with van der Waals surface area (Å²) < 4.78 is 39.7. The molecular formula is C27H34F3N5O3. The van der Waals surface area contributed by atoms with E-state index in [2.05, 4.69) is 46.3 Å². The molecule has 2 aliphatic heterocycles. The molecule has 0 aromatic heterocycles. The molecule has 0 unspecified atom stereocenters. The summed E-state index contributed by atoms with van der Waals surface area (Å²) in [6, 6.07) is 11.4. The summed E-state index contributed by atoms with van der Waals surface area (Å²) in [5.74, 6) is 0.108. The Morgan fingerprint density at radius 1 is 1.03 bits per heavy atom. The van der Waals surface area contributed by atoms with Crippen molar-refractivity contribution in [2.45, 2.75) is 44.8 Å². The summed E-state index contributed by atoms with van der Waals surface area (Å²) in [7, 11) is 0. The molecule has 1 amide bonds. The Morgan fingerprint density at radius 2 is 1.68 bits per heavy atom. The van der Waals surface area contributed by atoms with E-state index in [0.717, 1.165) is 51.3 Å². The molecule has 206 valence electrons. The number of nitro groups is 1. The smallest absolute Gasteiger partial charge is 0.382 e. The highest BCUT2D eigenvalue weighted by Gasteiger charge is 2.38. The molecule has 2 aromatic carbocycles. The number of hydrogen-bond acceptors (Lipinski definition) is 6. The van der Waals surface area contributed by atoms with Crippen LogP contribution in [0.3, 0.4) is 0 Å². The second-order valence-corrected chi connectivity index (χ2v) is 10.1. The second-order valence-electron chi connectivity index (χ2n) is 10.1. The maximum Gasteiger partial charge on any atom is 0.423 e. The van der Waals surface area contributed by atoms with Crippen LogP contribution in [-0.2, 0) is 11.0 Å². The minimum absolute atomic E-state index is 0.105. The number of aryl methyl sites for hydroxylation is 1. The molecule has 0 bridgehead atoms. The lowest BCUT2D eigenvalue weighted by molar-refractivity contribution is -0.388. The minimum atomic E-state index is -4.81. The molecule has 11 heteroatoms. The fourth-order valence-electron chi connectivity index (χ4n) is 5.12. The van der Waals surface area contributed by atoms with Gasteiger partial charge in [-0.25, -0.2) is 0 Å². The van der Waals surface area contributed by atoms with Crippen LogP contribution in [0.1, 0.15) is 36.8 Å². The molecule has 1 N–H and O–H groups in total. The maximum atomic E-state index is 13.2. The van der Waals surface area contributed by atoms with Gasteiger partial charge in [0.25, 0.3) is 5.69 Å². The van der Waals surface area contributed by atoms with Crippen LogP contribution in [0.15, 0.2) is 42.5 Å². The van der Waals surface area contributed by atoms with Crippen molar-refractivity contribution in [3.8, 4) is 0 Å². The quantitative estimate of drug-likeness (QED) is 0.383. The first-order valence-electron chi connectivity index (χ1n) is 13.0. The number of piperazine rings is 1. The van der Waals surface area contributed by atoms with Crippen molar-refractivity contribution in [1.29, 1.82) is 0 Å². The molecule has 4 rings (SSSR count). The lowest BCUT2D eigenvalue weighted by Crippen LogP contribution is -2.47. The average molecular weight is 534 g/mol. The Morgan fingerprint density at radius 3 is 2.29 bits per heavy atom. The van der Waals surface area contributed by atoms with Gasteiger partial charge in [0.05, 0.1) is 4.92 Å². The number of benzene rings is 2. The third-order valence-electron chi connectivity index (χ3n) is 7.35. The summed E-state index contributed by atoms with van der Waals surface area (Å²) in [6.07, 6.45) is -2.33. The number of hydrogen-bond donors (Lipinski definition) is 1. The molecule has 2 aromatic rings. The summed E-state index contributed by atoms with van der Waals surface area (Å²) in [6.45, 7) is 7.91. The monoisotopic (exact) mass is 533 g/mol. The number of carbonyl (C=O) groups is 1. The first kappa shape index (κ1) is 27.7. The van der Waals surface area contributed by atoms with Gasteiger partial charge in [0, 0.05) is 69.2 Å². The van der Waals surface area contributed by atoms with Crippen LogP contribution in [0.2, 0.25) is 0 Å². The van der Waals surface area contributed by atoms with Crippen LogP contribution < -0.4 is 10.2 Å². The van der Waals surface area contributed by atoms with Gasteiger partial charge in [-0.3, -0.25) is 19.8 Å². The number of nitrogens with zero attached hydrogens (tertiary/aromatic N) is 4. The Kier molecular flexibility index (Phi) is 8.76. The third kappa shape index (κ3) is 7.15. The van der Waals surface area contributed by atoms with E-state index in [1.54, 1.807) is 0 Å². The van der Waals surface area contributed by atoms with Crippen LogP contribution in [0, 0.1) is 17.0 Å². The van der Waals surface area contributed by atoms with E-state index in [9.17, 15) is 28.1 Å².